The van der Waals surface area contributed by atoms with Gasteiger partial charge in [0.2, 0.25) is 0 Å². The Morgan fingerprint density at radius 2 is 1.63 bits per heavy atom. The molecule has 7 nitrogen and oxygen atoms in total. The van der Waals surface area contributed by atoms with Gasteiger partial charge in [-0.1, -0.05) is 18.2 Å². The van der Waals surface area contributed by atoms with Crippen molar-refractivity contribution in [3.05, 3.63) is 64.5 Å². The van der Waals surface area contributed by atoms with Gasteiger partial charge in [0.05, 0.1) is 22.5 Å². The molecule has 0 unspecified atom stereocenters. The lowest BCUT2D eigenvalue weighted by atomic mass is 9.87. The molecule has 0 atom stereocenters. The number of carbonyl (C=O) groups is 3. The standard InChI is InChI=1S/C25H24F2N2O5S/c26-18-13-20(34-16-7-5-14(6-8-16)25(32)33)19(27)12-17(18)23(30)28-9-10-29-24(31)22-11-15-3-1-2-4-21(15)35-22/h1-4,11-14,16H,5-10H2,(H,28,30)(H,29,31)(H,32,33)/t14-,16+. The predicted octanol–water partition coefficient (Wildman–Crippen LogP) is 4.36. The maximum absolute atomic E-state index is 14.5. The van der Waals surface area contributed by atoms with Crippen LogP contribution in [0.5, 0.6) is 5.75 Å². The molecule has 1 saturated carbocycles. The minimum absolute atomic E-state index is 0.0294. The smallest absolute Gasteiger partial charge is 0.306 e. The molecule has 35 heavy (non-hydrogen) atoms. The molecule has 1 fully saturated rings. The molecule has 0 spiro atoms. The van der Waals surface area contributed by atoms with Crippen molar-refractivity contribution < 1.29 is 33.0 Å². The maximum Gasteiger partial charge on any atom is 0.306 e. The van der Waals surface area contributed by atoms with Crippen LogP contribution in [-0.4, -0.2) is 42.1 Å². The van der Waals surface area contributed by atoms with Crippen molar-refractivity contribution in [1.82, 2.24) is 10.6 Å². The topological polar surface area (TPSA) is 105 Å². The highest BCUT2D eigenvalue weighted by Crippen LogP contribution is 2.30. The number of halogens is 2. The van der Waals surface area contributed by atoms with Gasteiger partial charge in [0.25, 0.3) is 11.8 Å². The summed E-state index contributed by atoms with van der Waals surface area (Å²) in [5.74, 6) is -4.54. The van der Waals surface area contributed by atoms with Crippen LogP contribution in [0, 0.1) is 17.6 Å². The largest absolute Gasteiger partial charge is 0.487 e. The summed E-state index contributed by atoms with van der Waals surface area (Å²) in [7, 11) is 0. The maximum atomic E-state index is 14.5. The third-order valence-electron chi connectivity index (χ3n) is 5.93. The summed E-state index contributed by atoms with van der Waals surface area (Å²) < 4.78 is 35.5. The number of thiophene rings is 1. The van der Waals surface area contributed by atoms with Crippen LogP contribution in [0.4, 0.5) is 8.78 Å². The van der Waals surface area contributed by atoms with Crippen molar-refractivity contribution in [3.8, 4) is 5.75 Å². The van der Waals surface area contributed by atoms with E-state index in [1.807, 2.05) is 24.3 Å². The summed E-state index contributed by atoms with van der Waals surface area (Å²) in [4.78, 5) is 36.2. The van der Waals surface area contributed by atoms with E-state index in [4.69, 9.17) is 9.84 Å². The third-order valence-corrected chi connectivity index (χ3v) is 7.04. The average Bonchev–Trinajstić information content (AvgIpc) is 3.28. The Morgan fingerprint density at radius 1 is 0.943 bits per heavy atom. The van der Waals surface area contributed by atoms with E-state index < -0.39 is 41.1 Å². The second-order valence-corrected chi connectivity index (χ2v) is 9.44. The van der Waals surface area contributed by atoms with Gasteiger partial charge in [-0.15, -0.1) is 11.3 Å². The summed E-state index contributed by atoms with van der Waals surface area (Å²) in [5, 5.41) is 15.2. The van der Waals surface area contributed by atoms with Gasteiger partial charge in [0.15, 0.2) is 11.6 Å². The van der Waals surface area contributed by atoms with Crippen molar-refractivity contribution in [2.24, 2.45) is 5.92 Å². The minimum atomic E-state index is -0.938. The number of carboxylic acids is 1. The van der Waals surface area contributed by atoms with Gasteiger partial charge in [0.1, 0.15) is 5.82 Å². The lowest BCUT2D eigenvalue weighted by Crippen LogP contribution is -2.34. The van der Waals surface area contributed by atoms with E-state index in [0.29, 0.717) is 30.6 Å². The van der Waals surface area contributed by atoms with Crippen LogP contribution in [0.3, 0.4) is 0 Å². The molecule has 0 bridgehead atoms. The van der Waals surface area contributed by atoms with Crippen LogP contribution in [0.2, 0.25) is 0 Å². The van der Waals surface area contributed by atoms with Gasteiger partial charge in [-0.25, -0.2) is 8.78 Å². The van der Waals surface area contributed by atoms with Crippen LogP contribution in [0.25, 0.3) is 10.1 Å². The van der Waals surface area contributed by atoms with Crippen molar-refractivity contribution in [1.29, 1.82) is 0 Å². The van der Waals surface area contributed by atoms with Gasteiger partial charge in [-0.05, 0) is 49.3 Å². The summed E-state index contributed by atoms with van der Waals surface area (Å²) in [6.07, 6.45) is 1.25. The Labute approximate surface area is 204 Å². The third kappa shape index (κ3) is 5.94. The molecular formula is C25H24F2N2O5S. The molecule has 0 aliphatic heterocycles. The minimum Gasteiger partial charge on any atom is -0.487 e. The van der Waals surface area contributed by atoms with E-state index in [-0.39, 0.29) is 24.7 Å². The fourth-order valence-corrected chi connectivity index (χ4v) is 5.01. The molecule has 0 radical (unpaired) electrons. The zero-order valence-corrected chi connectivity index (χ0v) is 19.5. The van der Waals surface area contributed by atoms with Crippen LogP contribution < -0.4 is 15.4 Å². The van der Waals surface area contributed by atoms with Crippen molar-refractivity contribution in [3.63, 3.8) is 0 Å². The van der Waals surface area contributed by atoms with E-state index >= 15 is 0 Å². The first kappa shape index (κ1) is 24.6. The van der Waals surface area contributed by atoms with Gasteiger partial charge < -0.3 is 20.5 Å². The molecule has 10 heteroatoms. The summed E-state index contributed by atoms with van der Waals surface area (Å²) in [5.41, 5.74) is -0.472. The number of hydrogen-bond donors (Lipinski definition) is 3. The quantitative estimate of drug-likeness (QED) is 0.397. The molecule has 2 amide bonds. The second kappa shape index (κ2) is 10.8. The molecule has 3 N–H and O–H groups in total. The first-order chi connectivity index (χ1) is 16.8. The molecule has 1 heterocycles. The van der Waals surface area contributed by atoms with E-state index in [0.717, 1.165) is 22.2 Å². The van der Waals surface area contributed by atoms with Gasteiger partial charge in [0, 0.05) is 23.9 Å². The molecule has 1 aliphatic carbocycles. The molecule has 2 aromatic carbocycles. The number of nitrogens with one attached hydrogen (secondary N) is 2. The van der Waals surface area contributed by atoms with Crippen LogP contribution in [0.1, 0.15) is 45.7 Å². The number of fused-ring (bicyclic) bond motifs is 1. The fourth-order valence-electron chi connectivity index (χ4n) is 4.03. The average molecular weight is 503 g/mol. The number of carboxylic acid groups (broad SMARTS) is 1. The second-order valence-electron chi connectivity index (χ2n) is 8.35. The van der Waals surface area contributed by atoms with Gasteiger partial charge in [-0.2, -0.15) is 0 Å². The zero-order chi connectivity index (χ0) is 24.9. The lowest BCUT2D eigenvalue weighted by molar-refractivity contribution is -0.143. The van der Waals surface area contributed by atoms with Gasteiger partial charge in [-0.3, -0.25) is 14.4 Å². The number of carbonyl (C=O) groups excluding carboxylic acids is 2. The number of aliphatic carboxylic acids is 1. The number of ether oxygens (including phenoxy) is 1. The fraction of sp³-hybridized carbons (Fsp3) is 0.320. The molecular weight excluding hydrogens is 478 g/mol. The first-order valence-electron chi connectivity index (χ1n) is 11.3. The Morgan fingerprint density at radius 3 is 2.31 bits per heavy atom. The zero-order valence-electron chi connectivity index (χ0n) is 18.7. The number of benzene rings is 2. The van der Waals surface area contributed by atoms with Crippen LogP contribution in [0.15, 0.2) is 42.5 Å². The highest BCUT2D eigenvalue weighted by molar-refractivity contribution is 7.20. The molecule has 1 aliphatic rings. The summed E-state index contributed by atoms with van der Waals surface area (Å²) >= 11 is 1.36. The van der Waals surface area contributed by atoms with Crippen molar-refractivity contribution in [2.45, 2.75) is 31.8 Å². The Balaban J connectivity index is 1.27. The van der Waals surface area contributed by atoms with Gasteiger partial charge >= 0.3 is 5.97 Å². The predicted molar refractivity (Wildman–Crippen MR) is 127 cm³/mol. The van der Waals surface area contributed by atoms with Crippen molar-refractivity contribution in [2.75, 3.05) is 13.1 Å². The highest BCUT2D eigenvalue weighted by Gasteiger charge is 2.28. The Kier molecular flexibility index (Phi) is 7.60. The number of amides is 2. The highest BCUT2D eigenvalue weighted by atomic mass is 32.1. The molecule has 4 rings (SSSR count). The Bertz CT molecular complexity index is 1220. The molecule has 1 aromatic heterocycles. The Hall–Kier alpha value is -3.53. The molecule has 0 saturated heterocycles. The number of rotatable bonds is 8. The van der Waals surface area contributed by atoms with E-state index in [2.05, 4.69) is 10.6 Å². The van der Waals surface area contributed by atoms with E-state index in [1.54, 1.807) is 6.07 Å². The van der Waals surface area contributed by atoms with Crippen LogP contribution >= 0.6 is 11.3 Å². The first-order valence-corrected chi connectivity index (χ1v) is 12.1. The summed E-state index contributed by atoms with van der Waals surface area (Å²) in [6.45, 7) is 0.144. The van der Waals surface area contributed by atoms with Crippen LogP contribution in [-0.2, 0) is 4.79 Å². The van der Waals surface area contributed by atoms with E-state index in [9.17, 15) is 23.2 Å². The molecule has 184 valence electrons. The number of hydrogen-bond acceptors (Lipinski definition) is 5. The monoisotopic (exact) mass is 502 g/mol. The van der Waals surface area contributed by atoms with Crippen molar-refractivity contribution >= 4 is 39.2 Å². The normalized spacial score (nSPS) is 17.7. The van der Waals surface area contributed by atoms with E-state index in [1.165, 1.54) is 11.3 Å². The SMILES string of the molecule is O=C(NCCNC(=O)c1cc(F)c(O[C@H]2CC[C@@H](C(=O)O)CC2)cc1F)c1cc2ccccc2s1. The molecule has 3 aromatic rings. The lowest BCUT2D eigenvalue weighted by Gasteiger charge is -2.27. The summed E-state index contributed by atoms with van der Waals surface area (Å²) in [6, 6.07) is 11.0.